The molecule has 1 aliphatic rings. The van der Waals surface area contributed by atoms with E-state index in [1.54, 1.807) is 0 Å². The second kappa shape index (κ2) is 4.65. The van der Waals surface area contributed by atoms with Crippen LogP contribution in [-0.2, 0) is 4.79 Å². The largest absolute Gasteiger partial charge is 0.480 e. The lowest BCUT2D eigenvalue weighted by Gasteiger charge is -2.23. The number of anilines is 2. The molecular weight excluding hydrogens is 216 g/mol. The van der Waals surface area contributed by atoms with Crippen molar-refractivity contribution in [2.75, 3.05) is 29.9 Å². The second-order valence-electron chi connectivity index (χ2n) is 4.50. The predicted octanol–water partition coefficient (Wildman–Crippen LogP) is 2.01. The number of hydrogen-bond donors (Lipinski definition) is 2. The lowest BCUT2D eigenvalue weighted by atomic mass is 10.1. The Bertz CT molecular complexity index is 443. The Balaban J connectivity index is 2.42. The topological polar surface area (TPSA) is 52.6 Å². The summed E-state index contributed by atoms with van der Waals surface area (Å²) in [4.78, 5) is 12.8. The standard InChI is InChI=1S/C13H18N2O2/c1-9-4-5-11-13(10(9)2)14-6-3-7-15(11)8-12(16)17/h4-5,14H,3,6-8H2,1-2H3,(H,16,17). The molecule has 0 spiro atoms. The lowest BCUT2D eigenvalue weighted by Crippen LogP contribution is -2.30. The molecule has 2 rings (SSSR count). The number of nitrogens with one attached hydrogen (secondary N) is 1. The molecule has 1 aliphatic heterocycles. The summed E-state index contributed by atoms with van der Waals surface area (Å²) >= 11 is 0. The van der Waals surface area contributed by atoms with Gasteiger partial charge in [-0.1, -0.05) is 6.07 Å². The zero-order valence-electron chi connectivity index (χ0n) is 10.3. The first kappa shape index (κ1) is 11.8. The maximum absolute atomic E-state index is 10.9. The molecule has 0 atom stereocenters. The van der Waals surface area contributed by atoms with Crippen LogP contribution in [0.15, 0.2) is 12.1 Å². The smallest absolute Gasteiger partial charge is 0.323 e. The number of hydrogen-bond acceptors (Lipinski definition) is 3. The Labute approximate surface area is 101 Å². The van der Waals surface area contributed by atoms with Gasteiger partial charge in [-0.05, 0) is 37.5 Å². The molecule has 0 saturated carbocycles. The quantitative estimate of drug-likeness (QED) is 0.822. The average molecular weight is 234 g/mol. The van der Waals surface area contributed by atoms with E-state index in [1.165, 1.54) is 11.1 Å². The van der Waals surface area contributed by atoms with Gasteiger partial charge in [0.25, 0.3) is 0 Å². The van der Waals surface area contributed by atoms with Gasteiger partial charge in [0.15, 0.2) is 0 Å². The second-order valence-corrected chi connectivity index (χ2v) is 4.50. The van der Waals surface area contributed by atoms with Gasteiger partial charge in [0.05, 0.1) is 11.4 Å². The minimum Gasteiger partial charge on any atom is -0.480 e. The minimum absolute atomic E-state index is 0.0666. The van der Waals surface area contributed by atoms with E-state index in [-0.39, 0.29) is 6.54 Å². The molecule has 1 aromatic rings. The lowest BCUT2D eigenvalue weighted by molar-refractivity contribution is -0.135. The van der Waals surface area contributed by atoms with Crippen LogP contribution < -0.4 is 10.2 Å². The van der Waals surface area contributed by atoms with Crippen molar-refractivity contribution in [2.45, 2.75) is 20.3 Å². The van der Waals surface area contributed by atoms with Crippen molar-refractivity contribution in [3.63, 3.8) is 0 Å². The summed E-state index contributed by atoms with van der Waals surface area (Å²) in [6.07, 6.45) is 0.959. The third-order valence-corrected chi connectivity index (χ3v) is 3.29. The van der Waals surface area contributed by atoms with Crippen molar-refractivity contribution in [3.8, 4) is 0 Å². The molecule has 0 unspecified atom stereocenters. The monoisotopic (exact) mass is 234 g/mol. The van der Waals surface area contributed by atoms with Gasteiger partial charge in [0.1, 0.15) is 6.54 Å². The fourth-order valence-electron chi connectivity index (χ4n) is 2.22. The molecule has 0 fully saturated rings. The molecule has 0 amide bonds. The third kappa shape index (κ3) is 2.35. The molecule has 2 N–H and O–H groups in total. The Hall–Kier alpha value is -1.71. The fourth-order valence-corrected chi connectivity index (χ4v) is 2.22. The van der Waals surface area contributed by atoms with Gasteiger partial charge in [0.2, 0.25) is 0 Å². The summed E-state index contributed by atoms with van der Waals surface area (Å²) in [5.41, 5.74) is 4.53. The van der Waals surface area contributed by atoms with Crippen molar-refractivity contribution >= 4 is 17.3 Å². The molecule has 0 radical (unpaired) electrons. The number of nitrogens with zero attached hydrogens (tertiary/aromatic N) is 1. The first-order chi connectivity index (χ1) is 8.09. The van der Waals surface area contributed by atoms with E-state index in [4.69, 9.17) is 5.11 Å². The maximum Gasteiger partial charge on any atom is 0.323 e. The minimum atomic E-state index is -0.781. The summed E-state index contributed by atoms with van der Waals surface area (Å²) in [7, 11) is 0. The van der Waals surface area contributed by atoms with Crippen LogP contribution >= 0.6 is 0 Å². The van der Waals surface area contributed by atoms with Gasteiger partial charge in [-0.3, -0.25) is 4.79 Å². The number of benzene rings is 1. The molecule has 4 heteroatoms. The van der Waals surface area contributed by atoms with E-state index in [1.807, 2.05) is 11.0 Å². The van der Waals surface area contributed by atoms with Crippen LogP contribution in [0.4, 0.5) is 11.4 Å². The van der Waals surface area contributed by atoms with Crippen LogP contribution in [-0.4, -0.2) is 30.7 Å². The summed E-state index contributed by atoms with van der Waals surface area (Å²) < 4.78 is 0. The molecular formula is C13H18N2O2. The maximum atomic E-state index is 10.9. The van der Waals surface area contributed by atoms with Crippen molar-refractivity contribution in [2.24, 2.45) is 0 Å². The molecule has 0 bridgehead atoms. The van der Waals surface area contributed by atoms with Crippen molar-refractivity contribution in [1.82, 2.24) is 0 Å². The first-order valence-corrected chi connectivity index (χ1v) is 5.90. The van der Waals surface area contributed by atoms with E-state index in [0.717, 1.165) is 30.9 Å². The molecule has 17 heavy (non-hydrogen) atoms. The zero-order chi connectivity index (χ0) is 12.4. The fraction of sp³-hybridized carbons (Fsp3) is 0.462. The summed E-state index contributed by atoms with van der Waals surface area (Å²) in [5, 5.41) is 12.3. The van der Waals surface area contributed by atoms with Gasteiger partial charge in [-0.25, -0.2) is 0 Å². The number of rotatable bonds is 2. The Morgan fingerprint density at radius 3 is 2.94 bits per heavy atom. The molecule has 0 aromatic heterocycles. The zero-order valence-corrected chi connectivity index (χ0v) is 10.3. The SMILES string of the molecule is Cc1ccc2c(c1C)NCCCN2CC(=O)O. The summed E-state index contributed by atoms with van der Waals surface area (Å²) in [6.45, 7) is 5.90. The molecule has 1 aromatic carbocycles. The highest BCUT2D eigenvalue weighted by Crippen LogP contribution is 2.33. The van der Waals surface area contributed by atoms with Crippen LogP contribution in [0.25, 0.3) is 0 Å². The Morgan fingerprint density at radius 2 is 2.24 bits per heavy atom. The van der Waals surface area contributed by atoms with Crippen LogP contribution in [0.3, 0.4) is 0 Å². The third-order valence-electron chi connectivity index (χ3n) is 3.29. The molecule has 1 heterocycles. The van der Waals surface area contributed by atoms with Crippen molar-refractivity contribution < 1.29 is 9.90 Å². The Kier molecular flexibility index (Phi) is 3.22. The van der Waals surface area contributed by atoms with Gasteiger partial charge in [-0.15, -0.1) is 0 Å². The van der Waals surface area contributed by atoms with Crippen molar-refractivity contribution in [1.29, 1.82) is 0 Å². The predicted molar refractivity (Wildman–Crippen MR) is 68.9 cm³/mol. The van der Waals surface area contributed by atoms with Crippen LogP contribution in [0.5, 0.6) is 0 Å². The van der Waals surface area contributed by atoms with Gasteiger partial charge < -0.3 is 15.3 Å². The number of aryl methyl sites for hydroxylation is 1. The van der Waals surface area contributed by atoms with Crippen LogP contribution in [0.2, 0.25) is 0 Å². The van der Waals surface area contributed by atoms with E-state index >= 15 is 0 Å². The molecule has 0 saturated heterocycles. The highest BCUT2D eigenvalue weighted by atomic mass is 16.4. The molecule has 4 nitrogen and oxygen atoms in total. The number of carbonyl (C=O) groups is 1. The molecule has 92 valence electrons. The highest BCUT2D eigenvalue weighted by molar-refractivity contribution is 5.80. The number of fused-ring (bicyclic) bond motifs is 1. The molecule has 0 aliphatic carbocycles. The average Bonchev–Trinajstić information content (AvgIpc) is 2.46. The number of carboxylic acid groups (broad SMARTS) is 1. The number of carboxylic acids is 1. The Morgan fingerprint density at radius 1 is 1.47 bits per heavy atom. The van der Waals surface area contributed by atoms with E-state index < -0.39 is 5.97 Å². The van der Waals surface area contributed by atoms with Gasteiger partial charge in [-0.2, -0.15) is 0 Å². The van der Waals surface area contributed by atoms with Gasteiger partial charge in [0, 0.05) is 13.1 Å². The summed E-state index contributed by atoms with van der Waals surface area (Å²) in [5.74, 6) is -0.781. The highest BCUT2D eigenvalue weighted by Gasteiger charge is 2.19. The van der Waals surface area contributed by atoms with Crippen LogP contribution in [0, 0.1) is 13.8 Å². The first-order valence-electron chi connectivity index (χ1n) is 5.90. The van der Waals surface area contributed by atoms with Crippen LogP contribution in [0.1, 0.15) is 17.5 Å². The van der Waals surface area contributed by atoms with E-state index in [2.05, 4.69) is 25.2 Å². The van der Waals surface area contributed by atoms with Gasteiger partial charge >= 0.3 is 5.97 Å². The normalized spacial score (nSPS) is 14.8. The van der Waals surface area contributed by atoms with E-state index in [0.29, 0.717) is 0 Å². The van der Waals surface area contributed by atoms with Crippen molar-refractivity contribution in [3.05, 3.63) is 23.3 Å². The van der Waals surface area contributed by atoms with E-state index in [9.17, 15) is 4.79 Å². The number of aliphatic carboxylic acids is 1. The summed E-state index contributed by atoms with van der Waals surface area (Å²) in [6, 6.07) is 4.06.